The van der Waals surface area contributed by atoms with Crippen molar-refractivity contribution >= 4 is 28.6 Å². The van der Waals surface area contributed by atoms with Crippen LogP contribution in [-0.4, -0.2) is 22.9 Å². The summed E-state index contributed by atoms with van der Waals surface area (Å²) in [5, 5.41) is 4.10. The van der Waals surface area contributed by atoms with Crippen molar-refractivity contribution in [3.8, 4) is 0 Å². The minimum atomic E-state index is -0.280. The summed E-state index contributed by atoms with van der Waals surface area (Å²) in [6.45, 7) is 2.09. The van der Waals surface area contributed by atoms with Crippen LogP contribution in [0.4, 0.5) is 0 Å². The highest BCUT2D eigenvalue weighted by Gasteiger charge is 2.06. The van der Waals surface area contributed by atoms with Gasteiger partial charge in [-0.25, -0.2) is 0 Å². The van der Waals surface area contributed by atoms with Crippen molar-refractivity contribution in [2.45, 2.75) is 13.5 Å². The van der Waals surface area contributed by atoms with Gasteiger partial charge < -0.3 is 4.74 Å². The third-order valence-electron chi connectivity index (χ3n) is 1.46. The van der Waals surface area contributed by atoms with Crippen LogP contribution in [0.2, 0.25) is 0 Å². The number of aryl methyl sites for hydroxylation is 1. The van der Waals surface area contributed by atoms with E-state index in [9.17, 15) is 4.79 Å². The average molecular weight is 280 g/mol. The molecule has 66 valence electrons. The van der Waals surface area contributed by atoms with Crippen molar-refractivity contribution in [1.82, 2.24) is 9.78 Å². The molecule has 1 heterocycles. The van der Waals surface area contributed by atoms with Crippen molar-refractivity contribution in [2.24, 2.45) is 0 Å². The normalized spacial score (nSPS) is 9.92. The van der Waals surface area contributed by atoms with Crippen LogP contribution in [-0.2, 0) is 16.1 Å². The predicted molar refractivity (Wildman–Crippen MR) is 51.7 cm³/mol. The second kappa shape index (κ2) is 3.88. The van der Waals surface area contributed by atoms with E-state index in [-0.39, 0.29) is 12.5 Å². The molecular weight excluding hydrogens is 271 g/mol. The van der Waals surface area contributed by atoms with Crippen LogP contribution >= 0.6 is 22.6 Å². The van der Waals surface area contributed by atoms with Gasteiger partial charge in [0.25, 0.3) is 0 Å². The van der Waals surface area contributed by atoms with Crippen molar-refractivity contribution in [3.63, 3.8) is 0 Å². The van der Waals surface area contributed by atoms with Gasteiger partial charge in [0.15, 0.2) is 0 Å². The molecule has 0 atom stereocenters. The van der Waals surface area contributed by atoms with Crippen LogP contribution in [0.3, 0.4) is 0 Å². The zero-order chi connectivity index (χ0) is 9.14. The maximum absolute atomic E-state index is 10.9. The van der Waals surface area contributed by atoms with Gasteiger partial charge in [0, 0.05) is 5.69 Å². The zero-order valence-electron chi connectivity index (χ0n) is 6.87. The molecular formula is C7H9IN2O2. The van der Waals surface area contributed by atoms with Crippen molar-refractivity contribution < 1.29 is 9.53 Å². The fourth-order valence-electron chi connectivity index (χ4n) is 0.817. The lowest BCUT2D eigenvalue weighted by atomic mass is 10.5. The molecule has 0 aliphatic rings. The molecule has 0 saturated heterocycles. The van der Waals surface area contributed by atoms with E-state index in [1.165, 1.54) is 7.11 Å². The number of carbonyl (C=O) groups excluding carboxylic acids is 1. The number of aromatic nitrogens is 2. The molecule has 0 radical (unpaired) electrons. The topological polar surface area (TPSA) is 44.1 Å². The summed E-state index contributed by atoms with van der Waals surface area (Å²) >= 11 is 2.10. The highest BCUT2D eigenvalue weighted by Crippen LogP contribution is 2.05. The summed E-state index contributed by atoms with van der Waals surface area (Å²) in [5.41, 5.74) is 0.963. The Bertz CT molecular complexity index is 296. The third-order valence-corrected chi connectivity index (χ3v) is 1.99. The van der Waals surface area contributed by atoms with E-state index in [1.54, 1.807) is 4.68 Å². The molecule has 0 aliphatic carbocycles. The van der Waals surface area contributed by atoms with Gasteiger partial charge in [-0.3, -0.25) is 9.48 Å². The first-order valence-corrected chi connectivity index (χ1v) is 4.48. The highest BCUT2D eigenvalue weighted by atomic mass is 127. The summed E-state index contributed by atoms with van der Waals surface area (Å²) in [6, 6.07) is 1.91. The first kappa shape index (κ1) is 9.50. The quantitative estimate of drug-likeness (QED) is 0.599. The van der Waals surface area contributed by atoms with Crippen LogP contribution in [0.1, 0.15) is 5.69 Å². The van der Waals surface area contributed by atoms with E-state index >= 15 is 0 Å². The van der Waals surface area contributed by atoms with Gasteiger partial charge in [-0.1, -0.05) is 0 Å². The van der Waals surface area contributed by atoms with Gasteiger partial charge in [0.1, 0.15) is 10.2 Å². The number of halogens is 1. The van der Waals surface area contributed by atoms with Gasteiger partial charge >= 0.3 is 5.97 Å². The predicted octanol–water partition coefficient (Wildman–Crippen LogP) is 0.969. The molecule has 0 saturated carbocycles. The number of methoxy groups -OCH3 is 1. The Labute approximate surface area is 84.0 Å². The number of hydrogen-bond donors (Lipinski definition) is 0. The summed E-state index contributed by atoms with van der Waals surface area (Å²) in [5.74, 6) is -0.280. The number of nitrogens with zero attached hydrogens (tertiary/aromatic N) is 2. The minimum Gasteiger partial charge on any atom is -0.468 e. The van der Waals surface area contributed by atoms with Crippen LogP contribution in [0.5, 0.6) is 0 Å². The van der Waals surface area contributed by atoms with Crippen molar-refractivity contribution in [2.75, 3.05) is 7.11 Å². The third kappa shape index (κ3) is 2.20. The van der Waals surface area contributed by atoms with Crippen LogP contribution in [0, 0.1) is 10.6 Å². The summed E-state index contributed by atoms with van der Waals surface area (Å²) in [4.78, 5) is 10.9. The van der Waals surface area contributed by atoms with E-state index in [0.717, 1.165) is 9.39 Å². The SMILES string of the molecule is COC(=O)Cn1nc(I)cc1C. The lowest BCUT2D eigenvalue weighted by Gasteiger charge is -2.00. The molecule has 0 spiro atoms. The molecule has 0 unspecified atom stereocenters. The summed E-state index contributed by atoms with van der Waals surface area (Å²) in [6.07, 6.45) is 0. The fraction of sp³-hybridized carbons (Fsp3) is 0.429. The van der Waals surface area contributed by atoms with E-state index in [1.807, 2.05) is 13.0 Å². The lowest BCUT2D eigenvalue weighted by molar-refractivity contribution is -0.141. The standard InChI is InChI=1S/C7H9IN2O2/c1-5-3-6(8)9-10(5)4-7(11)12-2/h3H,4H2,1-2H3. The number of rotatable bonds is 2. The molecule has 5 heteroatoms. The minimum absolute atomic E-state index is 0.186. The Kier molecular flexibility index (Phi) is 3.07. The van der Waals surface area contributed by atoms with Crippen molar-refractivity contribution in [1.29, 1.82) is 0 Å². The van der Waals surface area contributed by atoms with Crippen LogP contribution < -0.4 is 0 Å². The number of hydrogen-bond acceptors (Lipinski definition) is 3. The smallest absolute Gasteiger partial charge is 0.327 e. The molecule has 1 aromatic rings. The molecule has 0 aromatic carbocycles. The number of esters is 1. The second-order valence-corrected chi connectivity index (χ2v) is 3.45. The van der Waals surface area contributed by atoms with Gasteiger partial charge in [0.05, 0.1) is 7.11 Å². The molecule has 4 nitrogen and oxygen atoms in total. The first-order valence-electron chi connectivity index (χ1n) is 3.40. The van der Waals surface area contributed by atoms with Crippen LogP contribution in [0.25, 0.3) is 0 Å². The molecule has 0 fully saturated rings. The number of ether oxygens (including phenoxy) is 1. The first-order chi connectivity index (χ1) is 5.63. The molecule has 12 heavy (non-hydrogen) atoms. The molecule has 1 aromatic heterocycles. The van der Waals surface area contributed by atoms with E-state index in [4.69, 9.17) is 0 Å². The van der Waals surface area contributed by atoms with Gasteiger partial charge in [-0.05, 0) is 35.6 Å². The average Bonchev–Trinajstić information content (AvgIpc) is 2.30. The van der Waals surface area contributed by atoms with E-state index in [0.29, 0.717) is 0 Å². The van der Waals surface area contributed by atoms with Gasteiger partial charge in [-0.15, -0.1) is 0 Å². The summed E-state index contributed by atoms with van der Waals surface area (Å²) in [7, 11) is 1.37. The van der Waals surface area contributed by atoms with Gasteiger partial charge in [0.2, 0.25) is 0 Å². The zero-order valence-corrected chi connectivity index (χ0v) is 9.03. The maximum Gasteiger partial charge on any atom is 0.327 e. The second-order valence-electron chi connectivity index (χ2n) is 2.34. The Morgan fingerprint density at radius 3 is 2.92 bits per heavy atom. The fourth-order valence-corrected chi connectivity index (χ4v) is 1.53. The maximum atomic E-state index is 10.9. The largest absolute Gasteiger partial charge is 0.468 e. The molecule has 0 N–H and O–H groups in total. The molecule has 0 amide bonds. The Hall–Kier alpha value is -0.590. The van der Waals surface area contributed by atoms with E-state index < -0.39 is 0 Å². The Morgan fingerprint density at radius 1 is 1.83 bits per heavy atom. The van der Waals surface area contributed by atoms with Crippen LogP contribution in [0.15, 0.2) is 6.07 Å². The molecule has 0 aliphatic heterocycles. The van der Waals surface area contributed by atoms with E-state index in [2.05, 4.69) is 32.4 Å². The monoisotopic (exact) mass is 280 g/mol. The molecule has 1 rings (SSSR count). The number of carbonyl (C=O) groups is 1. The lowest BCUT2D eigenvalue weighted by Crippen LogP contribution is -2.13. The molecule has 0 bridgehead atoms. The highest BCUT2D eigenvalue weighted by molar-refractivity contribution is 14.1. The Balaban J connectivity index is 2.75. The van der Waals surface area contributed by atoms with Crippen molar-refractivity contribution in [3.05, 3.63) is 15.5 Å². The Morgan fingerprint density at radius 2 is 2.50 bits per heavy atom. The summed E-state index contributed by atoms with van der Waals surface area (Å²) < 4.78 is 7.02. The van der Waals surface area contributed by atoms with Gasteiger partial charge in [-0.2, -0.15) is 5.10 Å².